The molecule has 0 fully saturated rings. The molecule has 3 N–H and O–H groups in total. The molecule has 0 saturated heterocycles. The first kappa shape index (κ1) is 15.4. The van der Waals surface area contributed by atoms with Crippen LogP contribution in [-0.2, 0) is 4.79 Å². The zero-order valence-corrected chi connectivity index (χ0v) is 13.1. The predicted molar refractivity (Wildman–Crippen MR) is 81.0 cm³/mol. The number of nitrogen functional groups attached to an aromatic ring is 1. The number of furan rings is 1. The van der Waals surface area contributed by atoms with Gasteiger partial charge in [0.1, 0.15) is 0 Å². The summed E-state index contributed by atoms with van der Waals surface area (Å²) in [5.41, 5.74) is 0. The quantitative estimate of drug-likeness (QED) is 0.620. The highest BCUT2D eigenvalue weighted by Gasteiger charge is 2.16. The van der Waals surface area contributed by atoms with Gasteiger partial charge in [-0.25, -0.2) is 4.68 Å². The van der Waals surface area contributed by atoms with Crippen LogP contribution in [0.3, 0.4) is 0 Å². The SMILES string of the molecule is CC(C)[C@H](C)NC(=O)CSc1nnc(-c2ccco2)n1N. The Kier molecular flexibility index (Phi) is 4.89. The van der Waals surface area contributed by atoms with Crippen LogP contribution in [0.25, 0.3) is 11.6 Å². The summed E-state index contributed by atoms with van der Waals surface area (Å²) in [5.74, 6) is 7.46. The topological polar surface area (TPSA) is 99.0 Å². The third-order valence-corrected chi connectivity index (χ3v) is 4.07. The van der Waals surface area contributed by atoms with Crippen molar-refractivity contribution < 1.29 is 9.21 Å². The van der Waals surface area contributed by atoms with E-state index in [9.17, 15) is 4.79 Å². The predicted octanol–water partition coefficient (Wildman–Crippen LogP) is 1.50. The maximum absolute atomic E-state index is 11.8. The molecular weight excluding hydrogens is 290 g/mol. The number of nitrogens with one attached hydrogen (secondary N) is 1. The lowest BCUT2D eigenvalue weighted by molar-refractivity contribution is -0.119. The second kappa shape index (κ2) is 6.66. The smallest absolute Gasteiger partial charge is 0.230 e. The number of hydrogen-bond acceptors (Lipinski definition) is 6. The van der Waals surface area contributed by atoms with Gasteiger partial charge in [-0.2, -0.15) is 0 Å². The maximum atomic E-state index is 11.8. The first-order valence-electron chi connectivity index (χ1n) is 6.65. The van der Waals surface area contributed by atoms with Gasteiger partial charge < -0.3 is 15.6 Å². The molecule has 0 aliphatic carbocycles. The molecule has 1 amide bonds. The lowest BCUT2D eigenvalue weighted by Gasteiger charge is -2.16. The molecule has 8 heteroatoms. The lowest BCUT2D eigenvalue weighted by Crippen LogP contribution is -2.37. The fourth-order valence-corrected chi connectivity index (χ4v) is 2.21. The second-order valence-corrected chi connectivity index (χ2v) is 5.98. The van der Waals surface area contributed by atoms with Gasteiger partial charge in [-0.15, -0.1) is 10.2 Å². The summed E-state index contributed by atoms with van der Waals surface area (Å²) in [7, 11) is 0. The van der Waals surface area contributed by atoms with Crippen molar-refractivity contribution in [3.8, 4) is 11.6 Å². The van der Waals surface area contributed by atoms with Crippen molar-refractivity contribution in [2.45, 2.75) is 32.0 Å². The zero-order valence-electron chi connectivity index (χ0n) is 12.2. The van der Waals surface area contributed by atoms with Crippen LogP contribution in [0.1, 0.15) is 20.8 Å². The van der Waals surface area contributed by atoms with Gasteiger partial charge in [-0.05, 0) is 25.0 Å². The fraction of sp³-hybridized carbons (Fsp3) is 0.462. The molecule has 0 spiro atoms. The van der Waals surface area contributed by atoms with Gasteiger partial charge >= 0.3 is 0 Å². The highest BCUT2D eigenvalue weighted by Crippen LogP contribution is 2.21. The van der Waals surface area contributed by atoms with E-state index in [1.165, 1.54) is 22.7 Å². The third-order valence-electron chi connectivity index (χ3n) is 3.13. The van der Waals surface area contributed by atoms with E-state index in [4.69, 9.17) is 10.3 Å². The summed E-state index contributed by atoms with van der Waals surface area (Å²) < 4.78 is 6.55. The largest absolute Gasteiger partial charge is 0.461 e. The van der Waals surface area contributed by atoms with Gasteiger partial charge in [0.25, 0.3) is 0 Å². The van der Waals surface area contributed by atoms with E-state index in [0.717, 1.165) is 0 Å². The van der Waals surface area contributed by atoms with Crippen LogP contribution < -0.4 is 11.2 Å². The van der Waals surface area contributed by atoms with E-state index in [1.807, 2.05) is 6.92 Å². The summed E-state index contributed by atoms with van der Waals surface area (Å²) in [6, 6.07) is 3.63. The first-order valence-corrected chi connectivity index (χ1v) is 7.64. The molecule has 0 radical (unpaired) electrons. The highest BCUT2D eigenvalue weighted by molar-refractivity contribution is 7.99. The highest BCUT2D eigenvalue weighted by atomic mass is 32.2. The van der Waals surface area contributed by atoms with Crippen molar-refractivity contribution in [2.75, 3.05) is 11.6 Å². The molecule has 114 valence electrons. The van der Waals surface area contributed by atoms with Crippen molar-refractivity contribution in [2.24, 2.45) is 5.92 Å². The zero-order chi connectivity index (χ0) is 15.4. The van der Waals surface area contributed by atoms with Gasteiger partial charge in [0.15, 0.2) is 5.76 Å². The van der Waals surface area contributed by atoms with Crippen LogP contribution in [-0.4, -0.2) is 32.6 Å². The van der Waals surface area contributed by atoms with Crippen molar-refractivity contribution in [1.29, 1.82) is 0 Å². The molecule has 7 nitrogen and oxygen atoms in total. The number of rotatable bonds is 6. The second-order valence-electron chi connectivity index (χ2n) is 5.04. The number of hydrogen-bond donors (Lipinski definition) is 2. The Bertz CT molecular complexity index is 594. The van der Waals surface area contributed by atoms with E-state index in [2.05, 4.69) is 29.4 Å². The Hall–Kier alpha value is -1.96. The van der Waals surface area contributed by atoms with Gasteiger partial charge in [-0.1, -0.05) is 25.6 Å². The molecule has 0 unspecified atom stereocenters. The van der Waals surface area contributed by atoms with E-state index in [1.54, 1.807) is 12.1 Å². The third kappa shape index (κ3) is 3.78. The van der Waals surface area contributed by atoms with Crippen molar-refractivity contribution in [1.82, 2.24) is 20.2 Å². The van der Waals surface area contributed by atoms with Crippen LogP contribution in [0, 0.1) is 5.92 Å². The normalized spacial score (nSPS) is 12.6. The molecule has 2 aromatic heterocycles. The average Bonchev–Trinajstić information content (AvgIpc) is 3.05. The summed E-state index contributed by atoms with van der Waals surface area (Å²) >= 11 is 1.24. The molecule has 21 heavy (non-hydrogen) atoms. The lowest BCUT2D eigenvalue weighted by atomic mass is 10.1. The number of carbonyl (C=O) groups is 1. The van der Waals surface area contributed by atoms with E-state index in [-0.39, 0.29) is 17.7 Å². The van der Waals surface area contributed by atoms with Gasteiger partial charge in [0.2, 0.25) is 16.9 Å². The average molecular weight is 309 g/mol. The number of carbonyl (C=O) groups excluding carboxylic acids is 1. The number of thioether (sulfide) groups is 1. The van der Waals surface area contributed by atoms with E-state index in [0.29, 0.717) is 22.7 Å². The maximum Gasteiger partial charge on any atom is 0.230 e. The molecule has 2 aromatic rings. The molecule has 2 rings (SSSR count). The molecule has 2 heterocycles. The van der Waals surface area contributed by atoms with Crippen LogP contribution in [0.5, 0.6) is 0 Å². The Morgan fingerprint density at radius 1 is 1.48 bits per heavy atom. The minimum Gasteiger partial charge on any atom is -0.461 e. The molecular formula is C13H19N5O2S. The summed E-state index contributed by atoms with van der Waals surface area (Å²) in [4.78, 5) is 11.8. The number of nitrogens with two attached hydrogens (primary N) is 1. The standard InChI is InChI=1S/C13H19N5O2S/c1-8(2)9(3)15-11(19)7-21-13-17-16-12(18(13)14)10-5-4-6-20-10/h4-6,8-9H,7,14H2,1-3H3,(H,15,19)/t9-/m0/s1. The van der Waals surface area contributed by atoms with Gasteiger partial charge in [-0.3, -0.25) is 4.79 Å². The van der Waals surface area contributed by atoms with Gasteiger partial charge in [0.05, 0.1) is 12.0 Å². The van der Waals surface area contributed by atoms with E-state index < -0.39 is 0 Å². The van der Waals surface area contributed by atoms with Crippen molar-refractivity contribution in [3.05, 3.63) is 18.4 Å². The Labute approximate surface area is 127 Å². The number of aromatic nitrogens is 3. The molecule has 1 atom stereocenters. The van der Waals surface area contributed by atoms with Gasteiger partial charge in [0, 0.05) is 6.04 Å². The number of amides is 1. The fourth-order valence-electron chi connectivity index (χ4n) is 1.54. The minimum absolute atomic E-state index is 0.0521. The molecule has 0 bridgehead atoms. The first-order chi connectivity index (χ1) is 9.99. The molecule has 0 aliphatic heterocycles. The number of nitrogens with zero attached hydrogens (tertiary/aromatic N) is 3. The van der Waals surface area contributed by atoms with Crippen LogP contribution in [0.2, 0.25) is 0 Å². The molecule has 0 aliphatic rings. The summed E-state index contributed by atoms with van der Waals surface area (Å²) in [6.45, 7) is 6.10. The Balaban J connectivity index is 1.94. The minimum atomic E-state index is -0.0521. The summed E-state index contributed by atoms with van der Waals surface area (Å²) in [5, 5.41) is 11.3. The van der Waals surface area contributed by atoms with Crippen LogP contribution in [0.15, 0.2) is 28.0 Å². The molecule has 0 aromatic carbocycles. The molecule has 0 saturated carbocycles. The van der Waals surface area contributed by atoms with Crippen LogP contribution >= 0.6 is 11.8 Å². The van der Waals surface area contributed by atoms with Crippen molar-refractivity contribution in [3.63, 3.8) is 0 Å². The van der Waals surface area contributed by atoms with Crippen LogP contribution in [0.4, 0.5) is 0 Å². The Morgan fingerprint density at radius 3 is 2.86 bits per heavy atom. The monoisotopic (exact) mass is 309 g/mol. The summed E-state index contributed by atoms with van der Waals surface area (Å²) in [6.07, 6.45) is 1.54. The Morgan fingerprint density at radius 2 is 2.24 bits per heavy atom. The van der Waals surface area contributed by atoms with Crippen molar-refractivity contribution >= 4 is 17.7 Å². The van der Waals surface area contributed by atoms with E-state index >= 15 is 0 Å².